The molecule has 2 bridgehead atoms. The predicted octanol–water partition coefficient (Wildman–Crippen LogP) is 3.72. The summed E-state index contributed by atoms with van der Waals surface area (Å²) in [6, 6.07) is 3.99. The number of aromatic nitrogens is 1. The summed E-state index contributed by atoms with van der Waals surface area (Å²) in [6.45, 7) is 1.76. The smallest absolute Gasteiger partial charge is 0.484 e. The first-order valence-corrected chi connectivity index (χ1v) is 10.9. The van der Waals surface area contributed by atoms with Gasteiger partial charge < -0.3 is 19.5 Å². The molecule has 1 aromatic heterocycles. The van der Waals surface area contributed by atoms with Gasteiger partial charge in [-0.15, -0.1) is 20.1 Å². The fraction of sp³-hybridized carbons (Fsp3) is 0.476. The first-order chi connectivity index (χ1) is 14.7. The molecule has 10 heteroatoms. The number of carbonyl (C=O) groups is 2. The Morgan fingerprint density at radius 3 is 2.68 bits per heavy atom. The maximum Gasteiger partial charge on any atom is 0.586 e. The van der Waals surface area contributed by atoms with Crippen LogP contribution in [0.2, 0.25) is 0 Å². The molecule has 1 N–H and O–H groups in total. The maximum absolute atomic E-state index is 13.1. The number of halogens is 2. The number of hydrogen-bond donors (Lipinski definition) is 1. The van der Waals surface area contributed by atoms with Crippen molar-refractivity contribution in [3.05, 3.63) is 34.3 Å². The van der Waals surface area contributed by atoms with E-state index in [1.165, 1.54) is 29.5 Å². The van der Waals surface area contributed by atoms with E-state index in [2.05, 4.69) is 19.8 Å². The number of ketones is 1. The van der Waals surface area contributed by atoms with Crippen LogP contribution in [-0.4, -0.2) is 35.1 Å². The molecule has 1 aliphatic heterocycles. The third-order valence-corrected chi connectivity index (χ3v) is 6.96. The summed E-state index contributed by atoms with van der Waals surface area (Å²) in [5.74, 6) is -0.231. The van der Waals surface area contributed by atoms with Crippen molar-refractivity contribution in [2.45, 2.75) is 50.9 Å². The van der Waals surface area contributed by atoms with Gasteiger partial charge in [-0.05, 0) is 43.2 Å². The van der Waals surface area contributed by atoms with Gasteiger partial charge in [0.2, 0.25) is 0 Å². The minimum atomic E-state index is -3.70. The van der Waals surface area contributed by atoms with Gasteiger partial charge in [-0.25, -0.2) is 4.98 Å². The van der Waals surface area contributed by atoms with Crippen LogP contribution in [0, 0.1) is 5.41 Å². The number of nitrogens with one attached hydrogen (secondary N) is 1. The van der Waals surface area contributed by atoms with Crippen molar-refractivity contribution < 1.29 is 32.6 Å². The zero-order chi connectivity index (χ0) is 21.9. The number of amides is 1. The summed E-state index contributed by atoms with van der Waals surface area (Å²) in [6.07, 6.45) is -0.128. The molecule has 1 amide bonds. The van der Waals surface area contributed by atoms with Crippen LogP contribution in [0.3, 0.4) is 0 Å². The third-order valence-electron chi connectivity index (χ3n) is 5.96. The fourth-order valence-electron chi connectivity index (χ4n) is 4.85. The lowest BCUT2D eigenvalue weighted by Crippen LogP contribution is -2.75. The van der Waals surface area contributed by atoms with Gasteiger partial charge in [0.05, 0.1) is 5.01 Å². The molecule has 6 rings (SSSR count). The second-order valence-electron chi connectivity index (χ2n) is 8.50. The van der Waals surface area contributed by atoms with Crippen molar-refractivity contribution in [1.29, 1.82) is 0 Å². The van der Waals surface area contributed by atoms with Gasteiger partial charge in [-0.2, -0.15) is 0 Å². The number of alkyl halides is 2. The first kappa shape index (κ1) is 20.2. The average Bonchev–Trinajstić information content (AvgIpc) is 3.25. The number of carbonyl (C=O) groups excluding carboxylic acids is 2. The summed E-state index contributed by atoms with van der Waals surface area (Å²) in [5, 5.41) is 5.76. The van der Waals surface area contributed by atoms with Crippen LogP contribution >= 0.6 is 11.3 Å². The number of ether oxygens (including phenoxy) is 3. The van der Waals surface area contributed by atoms with Crippen LogP contribution in [0.25, 0.3) is 0 Å². The van der Waals surface area contributed by atoms with E-state index in [1.807, 2.05) is 12.3 Å². The van der Waals surface area contributed by atoms with Crippen molar-refractivity contribution in [3.8, 4) is 17.2 Å². The molecule has 3 fully saturated rings. The molecule has 31 heavy (non-hydrogen) atoms. The van der Waals surface area contributed by atoms with Crippen LogP contribution in [0.5, 0.6) is 17.2 Å². The number of hydrogen-bond acceptors (Lipinski definition) is 7. The Morgan fingerprint density at radius 1 is 1.23 bits per heavy atom. The number of fused-ring (bicyclic) bond motifs is 1. The van der Waals surface area contributed by atoms with E-state index in [0.29, 0.717) is 12.1 Å². The fourth-order valence-corrected chi connectivity index (χ4v) is 5.60. The second-order valence-corrected chi connectivity index (χ2v) is 9.45. The lowest BCUT2D eigenvalue weighted by molar-refractivity contribution is -0.286. The summed E-state index contributed by atoms with van der Waals surface area (Å²) in [5.41, 5.74) is 0.234. The van der Waals surface area contributed by atoms with Gasteiger partial charge in [-0.3, -0.25) is 9.59 Å². The number of aryl methyl sites for hydroxylation is 1. The first-order valence-electron chi connectivity index (χ1n) is 10.0. The molecule has 0 atom stereocenters. The molecule has 2 heterocycles. The Balaban J connectivity index is 1.08. The summed E-state index contributed by atoms with van der Waals surface area (Å²) < 4.78 is 40.2. The number of Topliss-reactive ketones (excluding diaryl/α,β-unsaturated/α-hetero) is 1. The Bertz CT molecular complexity index is 1050. The molecule has 4 aliphatic rings. The van der Waals surface area contributed by atoms with Gasteiger partial charge in [0, 0.05) is 23.4 Å². The van der Waals surface area contributed by atoms with Gasteiger partial charge >= 0.3 is 6.29 Å². The molecule has 0 unspecified atom stereocenters. The molecule has 164 valence electrons. The Morgan fingerprint density at radius 2 is 1.97 bits per heavy atom. The Kier molecular flexibility index (Phi) is 4.47. The molecular weight excluding hydrogens is 430 g/mol. The third kappa shape index (κ3) is 3.73. The SMILES string of the molecule is CCc1nc(C(=O)CC23CC(NC(=O)COc4ccc5c(c4)OC(F)(F)O5)(C2)C3)cs1. The zero-order valence-corrected chi connectivity index (χ0v) is 17.5. The summed E-state index contributed by atoms with van der Waals surface area (Å²) in [7, 11) is 0. The van der Waals surface area contributed by atoms with E-state index in [-0.39, 0.29) is 46.5 Å². The highest BCUT2D eigenvalue weighted by atomic mass is 32.1. The van der Waals surface area contributed by atoms with Gasteiger partial charge in [0.15, 0.2) is 23.9 Å². The molecule has 3 aliphatic carbocycles. The summed E-state index contributed by atoms with van der Waals surface area (Å²) in [4.78, 5) is 29.1. The largest absolute Gasteiger partial charge is 0.586 e. The van der Waals surface area contributed by atoms with E-state index in [0.717, 1.165) is 30.7 Å². The Hall–Kier alpha value is -2.75. The van der Waals surface area contributed by atoms with Crippen molar-refractivity contribution in [3.63, 3.8) is 0 Å². The van der Waals surface area contributed by atoms with E-state index in [9.17, 15) is 18.4 Å². The lowest BCUT2D eigenvalue weighted by Gasteiger charge is -2.70. The maximum atomic E-state index is 13.1. The van der Waals surface area contributed by atoms with Crippen LogP contribution in [-0.2, 0) is 11.2 Å². The molecule has 3 saturated carbocycles. The van der Waals surface area contributed by atoms with Crippen molar-refractivity contribution in [2.75, 3.05) is 6.61 Å². The van der Waals surface area contributed by atoms with E-state index in [1.54, 1.807) is 0 Å². The normalized spacial score (nSPS) is 26.5. The second kappa shape index (κ2) is 6.88. The number of nitrogens with zero attached hydrogens (tertiary/aromatic N) is 1. The van der Waals surface area contributed by atoms with Crippen LogP contribution < -0.4 is 19.5 Å². The number of rotatable bonds is 8. The molecule has 0 radical (unpaired) electrons. The predicted molar refractivity (Wildman–Crippen MR) is 106 cm³/mol. The number of benzene rings is 1. The van der Waals surface area contributed by atoms with Crippen LogP contribution in [0.15, 0.2) is 23.6 Å². The standard InChI is InChI=1S/C21H20F2N2O5S/c1-2-18-24-13(8-31-18)14(26)6-19-9-20(10-19,11-19)25-17(27)7-28-12-3-4-15-16(5-12)30-21(22,23)29-15/h3-5,8H,2,6-7,9-11H2,1H3,(H,25,27). The molecule has 0 saturated heterocycles. The summed E-state index contributed by atoms with van der Waals surface area (Å²) >= 11 is 1.51. The lowest BCUT2D eigenvalue weighted by atomic mass is 9.38. The Labute approximate surface area is 180 Å². The van der Waals surface area contributed by atoms with Crippen LogP contribution in [0.4, 0.5) is 8.78 Å². The van der Waals surface area contributed by atoms with Gasteiger partial charge in [-0.1, -0.05) is 6.92 Å². The van der Waals surface area contributed by atoms with E-state index in [4.69, 9.17) is 4.74 Å². The highest BCUT2D eigenvalue weighted by molar-refractivity contribution is 7.09. The molecule has 0 spiro atoms. The van der Waals surface area contributed by atoms with Crippen LogP contribution in [0.1, 0.15) is 48.1 Å². The molecule has 2 aromatic rings. The van der Waals surface area contributed by atoms with Gasteiger partial charge in [0.25, 0.3) is 5.91 Å². The zero-order valence-electron chi connectivity index (χ0n) is 16.7. The highest BCUT2D eigenvalue weighted by Crippen LogP contribution is 2.69. The minimum Gasteiger partial charge on any atom is -0.484 e. The molecular formula is C21H20F2N2O5S. The highest BCUT2D eigenvalue weighted by Gasteiger charge is 2.68. The van der Waals surface area contributed by atoms with E-state index >= 15 is 0 Å². The molecule has 7 nitrogen and oxygen atoms in total. The minimum absolute atomic E-state index is 0.0379. The van der Waals surface area contributed by atoms with Crippen molar-refractivity contribution in [2.24, 2.45) is 5.41 Å². The monoisotopic (exact) mass is 450 g/mol. The quantitative estimate of drug-likeness (QED) is 0.617. The topological polar surface area (TPSA) is 86.8 Å². The van der Waals surface area contributed by atoms with Gasteiger partial charge in [0.1, 0.15) is 11.4 Å². The van der Waals surface area contributed by atoms with Crippen molar-refractivity contribution in [1.82, 2.24) is 10.3 Å². The molecule has 1 aromatic carbocycles. The number of thiazole rings is 1. The van der Waals surface area contributed by atoms with E-state index < -0.39 is 6.29 Å². The average molecular weight is 450 g/mol. The van der Waals surface area contributed by atoms with Crippen molar-refractivity contribution >= 4 is 23.0 Å².